The molecule has 7 heteroatoms. The minimum absolute atomic E-state index is 0.0203. The topological polar surface area (TPSA) is 53.1 Å². The summed E-state index contributed by atoms with van der Waals surface area (Å²) in [6.07, 6.45) is 0. The Bertz CT molecular complexity index is 1170. The Morgan fingerprint density at radius 1 is 0.848 bits per heavy atom. The lowest BCUT2D eigenvalue weighted by atomic mass is 10.1. The van der Waals surface area contributed by atoms with Crippen molar-refractivity contribution in [2.75, 3.05) is 42.6 Å². The van der Waals surface area contributed by atoms with Crippen LogP contribution in [0.1, 0.15) is 15.9 Å². The van der Waals surface area contributed by atoms with E-state index >= 15 is 0 Å². The van der Waals surface area contributed by atoms with E-state index in [2.05, 4.69) is 0 Å². The Kier molecular flexibility index (Phi) is 5.69. The molecule has 5 rings (SSSR count). The molecule has 2 heterocycles. The number of piperazine rings is 1. The van der Waals surface area contributed by atoms with Gasteiger partial charge in [0, 0.05) is 31.7 Å². The molecule has 0 aliphatic carbocycles. The maximum absolute atomic E-state index is 14.1. The average Bonchev–Trinajstić information content (AvgIpc) is 2.86. The van der Waals surface area contributed by atoms with Crippen molar-refractivity contribution in [1.82, 2.24) is 4.90 Å². The molecule has 0 N–H and O–H groups in total. The second-order valence-electron chi connectivity index (χ2n) is 8.16. The Hall–Kier alpha value is -3.87. The predicted molar refractivity (Wildman–Crippen MR) is 124 cm³/mol. The summed E-state index contributed by atoms with van der Waals surface area (Å²) in [5, 5.41) is 0. The first-order valence-electron chi connectivity index (χ1n) is 11.0. The summed E-state index contributed by atoms with van der Waals surface area (Å²) in [4.78, 5) is 30.9. The molecular weight excluding hydrogens is 421 g/mol. The molecule has 168 valence electrons. The monoisotopic (exact) mass is 445 g/mol. The zero-order valence-electron chi connectivity index (χ0n) is 18.1. The number of fused-ring (bicyclic) bond motifs is 1. The maximum Gasteiger partial charge on any atom is 0.265 e. The summed E-state index contributed by atoms with van der Waals surface area (Å²) >= 11 is 0. The highest BCUT2D eigenvalue weighted by Gasteiger charge is 2.26. The van der Waals surface area contributed by atoms with Crippen LogP contribution in [0, 0.1) is 5.82 Å². The van der Waals surface area contributed by atoms with E-state index in [9.17, 15) is 14.0 Å². The van der Waals surface area contributed by atoms with Crippen LogP contribution in [0.4, 0.5) is 15.8 Å². The molecule has 0 atom stereocenters. The molecule has 2 aliphatic rings. The fourth-order valence-electron chi connectivity index (χ4n) is 4.30. The second kappa shape index (κ2) is 8.94. The number of carbonyl (C=O) groups excluding carboxylic acids is 2. The molecule has 3 aromatic rings. The molecule has 0 spiro atoms. The Balaban J connectivity index is 1.23. The first kappa shape index (κ1) is 21.0. The van der Waals surface area contributed by atoms with Crippen LogP contribution < -0.4 is 14.5 Å². The lowest BCUT2D eigenvalue weighted by Crippen LogP contribution is -2.49. The Morgan fingerprint density at radius 2 is 1.52 bits per heavy atom. The van der Waals surface area contributed by atoms with E-state index in [0.29, 0.717) is 49.7 Å². The minimum atomic E-state index is -0.241. The molecule has 1 saturated heterocycles. The third-order valence-electron chi connectivity index (χ3n) is 6.11. The fraction of sp³-hybridized carbons (Fsp3) is 0.231. The normalized spacial score (nSPS) is 15.8. The van der Waals surface area contributed by atoms with Gasteiger partial charge in [0.15, 0.2) is 6.61 Å². The third-order valence-corrected chi connectivity index (χ3v) is 6.11. The molecule has 0 aromatic heterocycles. The second-order valence-corrected chi connectivity index (χ2v) is 8.16. The summed E-state index contributed by atoms with van der Waals surface area (Å²) < 4.78 is 19.6. The first-order chi connectivity index (χ1) is 16.1. The summed E-state index contributed by atoms with van der Waals surface area (Å²) in [6.45, 7) is 2.68. The summed E-state index contributed by atoms with van der Waals surface area (Å²) in [5.41, 5.74) is 2.86. The van der Waals surface area contributed by atoms with Crippen LogP contribution in [-0.2, 0) is 11.3 Å². The van der Waals surface area contributed by atoms with E-state index in [0.717, 1.165) is 11.3 Å². The average molecular weight is 445 g/mol. The smallest absolute Gasteiger partial charge is 0.265 e. The molecule has 6 nitrogen and oxygen atoms in total. The maximum atomic E-state index is 14.1. The zero-order chi connectivity index (χ0) is 22.8. The van der Waals surface area contributed by atoms with Crippen molar-refractivity contribution in [1.29, 1.82) is 0 Å². The van der Waals surface area contributed by atoms with Crippen LogP contribution in [0.15, 0.2) is 72.8 Å². The molecule has 0 radical (unpaired) electrons. The lowest BCUT2D eigenvalue weighted by molar-refractivity contribution is -0.121. The summed E-state index contributed by atoms with van der Waals surface area (Å²) in [5.74, 6) is 0.316. The Labute approximate surface area is 191 Å². The van der Waals surface area contributed by atoms with Crippen molar-refractivity contribution in [2.45, 2.75) is 6.54 Å². The quantitative estimate of drug-likeness (QED) is 0.614. The highest BCUT2D eigenvalue weighted by atomic mass is 19.1. The van der Waals surface area contributed by atoms with Gasteiger partial charge in [-0.15, -0.1) is 0 Å². The molecule has 2 amide bonds. The molecule has 0 saturated carbocycles. The van der Waals surface area contributed by atoms with E-state index in [4.69, 9.17) is 4.74 Å². The van der Waals surface area contributed by atoms with Crippen LogP contribution in [0.3, 0.4) is 0 Å². The van der Waals surface area contributed by atoms with Gasteiger partial charge in [0.05, 0.1) is 17.9 Å². The molecular formula is C26H24FN3O3. The highest BCUT2D eigenvalue weighted by Crippen LogP contribution is 2.32. The van der Waals surface area contributed by atoms with Crippen LogP contribution in [0.5, 0.6) is 5.75 Å². The van der Waals surface area contributed by atoms with E-state index in [1.54, 1.807) is 34.1 Å². The first-order valence-corrected chi connectivity index (χ1v) is 11.0. The van der Waals surface area contributed by atoms with Crippen molar-refractivity contribution in [3.8, 4) is 5.75 Å². The number of para-hydroxylation sites is 3. The number of halogens is 1. The van der Waals surface area contributed by atoms with Crippen molar-refractivity contribution in [2.24, 2.45) is 0 Å². The number of benzene rings is 3. The largest absolute Gasteiger partial charge is 0.482 e. The fourth-order valence-corrected chi connectivity index (χ4v) is 4.30. The van der Waals surface area contributed by atoms with Gasteiger partial charge in [0.25, 0.3) is 11.8 Å². The van der Waals surface area contributed by atoms with Crippen molar-refractivity contribution >= 4 is 23.2 Å². The number of hydrogen-bond acceptors (Lipinski definition) is 4. The Morgan fingerprint density at radius 3 is 2.24 bits per heavy atom. The van der Waals surface area contributed by atoms with Gasteiger partial charge in [-0.25, -0.2) is 4.39 Å². The van der Waals surface area contributed by atoms with E-state index in [1.807, 2.05) is 47.4 Å². The molecule has 0 bridgehead atoms. The number of amides is 2. The van der Waals surface area contributed by atoms with Crippen molar-refractivity contribution < 1.29 is 18.7 Å². The predicted octanol–water partition coefficient (Wildman–Crippen LogP) is 3.71. The number of nitrogens with zero attached hydrogens (tertiary/aromatic N) is 3. The van der Waals surface area contributed by atoms with Crippen molar-refractivity contribution in [3.05, 3.63) is 89.7 Å². The van der Waals surface area contributed by atoms with Crippen LogP contribution in [-0.4, -0.2) is 49.5 Å². The van der Waals surface area contributed by atoms with Gasteiger partial charge in [-0.1, -0.05) is 36.4 Å². The highest BCUT2D eigenvalue weighted by molar-refractivity contribution is 5.98. The van der Waals surface area contributed by atoms with Gasteiger partial charge in [-0.2, -0.15) is 0 Å². The number of ether oxygens (including phenoxy) is 1. The van der Waals surface area contributed by atoms with Crippen molar-refractivity contribution in [3.63, 3.8) is 0 Å². The molecule has 2 aliphatic heterocycles. The van der Waals surface area contributed by atoms with Gasteiger partial charge < -0.3 is 19.4 Å². The SMILES string of the molecule is O=C(c1ccc(CN2C(=O)COc3ccccc32)cc1)N1CCN(c2ccccc2F)CC1. The summed E-state index contributed by atoms with van der Waals surface area (Å²) in [7, 11) is 0. The van der Waals surface area contributed by atoms with E-state index in [-0.39, 0.29) is 24.2 Å². The molecule has 33 heavy (non-hydrogen) atoms. The van der Waals surface area contributed by atoms with Gasteiger partial charge in [0.2, 0.25) is 0 Å². The van der Waals surface area contributed by atoms with Gasteiger partial charge in [-0.05, 0) is 42.0 Å². The van der Waals surface area contributed by atoms with E-state index < -0.39 is 0 Å². The number of rotatable bonds is 4. The van der Waals surface area contributed by atoms with Crippen LogP contribution >= 0.6 is 0 Å². The van der Waals surface area contributed by atoms with Gasteiger partial charge in [0.1, 0.15) is 11.6 Å². The summed E-state index contributed by atoms with van der Waals surface area (Å²) in [6, 6.07) is 21.6. The number of hydrogen-bond donors (Lipinski definition) is 0. The zero-order valence-corrected chi connectivity index (χ0v) is 18.1. The van der Waals surface area contributed by atoms with E-state index in [1.165, 1.54) is 6.07 Å². The molecule has 1 fully saturated rings. The number of carbonyl (C=O) groups is 2. The lowest BCUT2D eigenvalue weighted by Gasteiger charge is -2.36. The standard InChI is InChI=1S/C26H24FN3O3/c27-21-5-1-2-6-22(21)28-13-15-29(16-14-28)26(32)20-11-9-19(10-12-20)17-30-23-7-3-4-8-24(23)33-18-25(30)31/h1-12H,13-18H2. The third kappa shape index (κ3) is 4.26. The molecule has 0 unspecified atom stereocenters. The van der Waals surface area contributed by atoms with Gasteiger partial charge in [-0.3, -0.25) is 9.59 Å². The minimum Gasteiger partial charge on any atom is -0.482 e. The van der Waals surface area contributed by atoms with Crippen LogP contribution in [0.25, 0.3) is 0 Å². The molecule has 3 aromatic carbocycles. The van der Waals surface area contributed by atoms with Crippen LogP contribution in [0.2, 0.25) is 0 Å². The van der Waals surface area contributed by atoms with Gasteiger partial charge >= 0.3 is 0 Å². The number of anilines is 2.